The summed E-state index contributed by atoms with van der Waals surface area (Å²) in [5.74, 6) is -0.0503. The van der Waals surface area contributed by atoms with Crippen LogP contribution in [0.4, 0.5) is 0 Å². The van der Waals surface area contributed by atoms with Crippen LogP contribution in [0.2, 0.25) is 0 Å². The van der Waals surface area contributed by atoms with Crippen molar-refractivity contribution in [1.82, 2.24) is 5.32 Å². The van der Waals surface area contributed by atoms with Gasteiger partial charge in [-0.3, -0.25) is 9.59 Å². The molecule has 2 unspecified atom stereocenters. The zero-order valence-corrected chi connectivity index (χ0v) is 60.2. The molecule has 0 radical (unpaired) electrons. The minimum absolute atomic E-state index is 0.0103. The molecule has 0 rings (SSSR count). The maximum atomic E-state index is 12.5. The molecule has 6 nitrogen and oxygen atoms in total. The summed E-state index contributed by atoms with van der Waals surface area (Å²) in [4.78, 5) is 24.6. The van der Waals surface area contributed by atoms with Crippen molar-refractivity contribution in [1.29, 1.82) is 0 Å². The van der Waals surface area contributed by atoms with Gasteiger partial charge in [-0.25, -0.2) is 0 Å². The third-order valence-electron chi connectivity index (χ3n) is 18.8. The summed E-state index contributed by atoms with van der Waals surface area (Å²) in [6.45, 7) is 4.92. The van der Waals surface area contributed by atoms with Crippen LogP contribution >= 0.6 is 0 Å². The molecular weight excluding hydrogens is 1090 g/mol. The van der Waals surface area contributed by atoms with E-state index < -0.39 is 12.1 Å². The fourth-order valence-electron chi connectivity index (χ4n) is 12.7. The molecule has 0 aromatic rings. The summed E-state index contributed by atoms with van der Waals surface area (Å²) in [6, 6.07) is -0.627. The van der Waals surface area contributed by atoms with Crippen LogP contribution in [-0.4, -0.2) is 47.4 Å². The molecule has 0 aliphatic rings. The monoisotopic (exact) mass is 1250 g/mol. The van der Waals surface area contributed by atoms with E-state index in [1.165, 1.54) is 366 Å². The van der Waals surface area contributed by atoms with Gasteiger partial charge in [0.05, 0.1) is 25.4 Å². The first-order valence-corrected chi connectivity index (χ1v) is 40.4. The average Bonchev–Trinajstić information content (AvgIpc) is 3.65. The molecule has 0 fully saturated rings. The van der Waals surface area contributed by atoms with Crippen LogP contribution in [0.1, 0.15) is 444 Å². The highest BCUT2D eigenvalue weighted by molar-refractivity contribution is 5.76. The maximum absolute atomic E-state index is 12.5. The van der Waals surface area contributed by atoms with Gasteiger partial charge in [-0.1, -0.05) is 390 Å². The van der Waals surface area contributed by atoms with Crippen LogP contribution in [0.5, 0.6) is 0 Å². The number of ether oxygens (including phenoxy) is 1. The summed E-state index contributed by atoms with van der Waals surface area (Å²) in [7, 11) is 0. The van der Waals surface area contributed by atoms with Crippen molar-refractivity contribution >= 4 is 11.9 Å². The van der Waals surface area contributed by atoms with Crippen molar-refractivity contribution in [3.8, 4) is 0 Å². The van der Waals surface area contributed by atoms with E-state index >= 15 is 0 Å². The number of rotatable bonds is 76. The SMILES string of the molecule is CCCCC/C=C\CCCCCCCC(=O)OCCCCCCCCCCCCCCCCC/C=C\C/C=C\CCCCCCCCCCCCCCCCCCCC(=O)NC(CO)C(O)/C=C/CCCCCCCCCCCCCCCCCCCCC. The van der Waals surface area contributed by atoms with Crippen molar-refractivity contribution < 1.29 is 24.5 Å². The van der Waals surface area contributed by atoms with Crippen LogP contribution in [-0.2, 0) is 14.3 Å². The lowest BCUT2D eigenvalue weighted by Gasteiger charge is -2.20. The number of esters is 1. The fourth-order valence-corrected chi connectivity index (χ4v) is 12.7. The summed E-state index contributed by atoms with van der Waals surface area (Å²) < 4.78 is 5.48. The number of carbonyl (C=O) groups excluding carboxylic acids is 2. The van der Waals surface area contributed by atoms with Crippen molar-refractivity contribution in [2.24, 2.45) is 0 Å². The molecule has 0 spiro atoms. The number of hydrogen-bond acceptors (Lipinski definition) is 5. The summed E-state index contributed by atoms with van der Waals surface area (Å²) in [6.07, 6.45) is 104. The molecule has 0 saturated heterocycles. The largest absolute Gasteiger partial charge is 0.466 e. The van der Waals surface area contributed by atoms with Crippen molar-refractivity contribution in [2.75, 3.05) is 13.2 Å². The quantitative estimate of drug-likeness (QED) is 0.0320. The number of nitrogens with one attached hydrogen (secondary N) is 1. The Bertz CT molecular complexity index is 1490. The van der Waals surface area contributed by atoms with E-state index in [0.29, 0.717) is 19.4 Å². The molecular formula is C83H157NO5. The topological polar surface area (TPSA) is 95.9 Å². The van der Waals surface area contributed by atoms with E-state index in [1.807, 2.05) is 6.08 Å². The normalized spacial score (nSPS) is 12.7. The van der Waals surface area contributed by atoms with Gasteiger partial charge >= 0.3 is 5.97 Å². The van der Waals surface area contributed by atoms with E-state index in [9.17, 15) is 19.8 Å². The second-order valence-corrected chi connectivity index (χ2v) is 27.7. The zero-order chi connectivity index (χ0) is 64.2. The van der Waals surface area contributed by atoms with Gasteiger partial charge in [-0.05, 0) is 89.9 Å². The number of amides is 1. The van der Waals surface area contributed by atoms with Crippen LogP contribution in [0.25, 0.3) is 0 Å². The highest BCUT2D eigenvalue weighted by Gasteiger charge is 2.18. The second-order valence-electron chi connectivity index (χ2n) is 27.7. The first kappa shape index (κ1) is 86.8. The Morgan fingerprint density at radius 2 is 0.562 bits per heavy atom. The van der Waals surface area contributed by atoms with Gasteiger partial charge in [-0.15, -0.1) is 0 Å². The molecule has 89 heavy (non-hydrogen) atoms. The molecule has 1 amide bonds. The van der Waals surface area contributed by atoms with Crippen LogP contribution in [0, 0.1) is 0 Å². The Morgan fingerprint density at radius 1 is 0.315 bits per heavy atom. The Kier molecular flexibility index (Phi) is 76.3. The first-order valence-electron chi connectivity index (χ1n) is 40.4. The number of carbonyl (C=O) groups is 2. The van der Waals surface area contributed by atoms with Crippen LogP contribution < -0.4 is 5.32 Å². The Morgan fingerprint density at radius 3 is 0.888 bits per heavy atom. The zero-order valence-electron chi connectivity index (χ0n) is 60.2. The maximum Gasteiger partial charge on any atom is 0.305 e. The lowest BCUT2D eigenvalue weighted by molar-refractivity contribution is -0.143. The Balaban J connectivity index is 3.38. The van der Waals surface area contributed by atoms with Crippen molar-refractivity contribution in [3.63, 3.8) is 0 Å². The average molecular weight is 1250 g/mol. The highest BCUT2D eigenvalue weighted by atomic mass is 16.5. The molecule has 2 atom stereocenters. The third kappa shape index (κ3) is 74.7. The molecule has 0 aromatic carbocycles. The predicted octanol–water partition coefficient (Wildman–Crippen LogP) is 26.8. The van der Waals surface area contributed by atoms with Gasteiger partial charge in [0.15, 0.2) is 0 Å². The van der Waals surface area contributed by atoms with E-state index in [0.717, 1.165) is 51.4 Å². The number of aliphatic hydroxyl groups excluding tert-OH is 2. The van der Waals surface area contributed by atoms with Gasteiger partial charge in [-0.2, -0.15) is 0 Å². The molecule has 0 saturated carbocycles. The fraction of sp³-hybridized carbons (Fsp3) is 0.880. The Labute approximate surface area is 556 Å². The summed E-state index contributed by atoms with van der Waals surface area (Å²) in [5, 5.41) is 23.3. The van der Waals surface area contributed by atoms with E-state index in [1.54, 1.807) is 6.08 Å². The van der Waals surface area contributed by atoms with E-state index in [2.05, 4.69) is 55.6 Å². The van der Waals surface area contributed by atoms with Crippen molar-refractivity contribution in [3.05, 3.63) is 48.6 Å². The van der Waals surface area contributed by atoms with Crippen LogP contribution in [0.15, 0.2) is 48.6 Å². The third-order valence-corrected chi connectivity index (χ3v) is 18.8. The summed E-state index contributed by atoms with van der Waals surface area (Å²) >= 11 is 0. The standard InChI is InChI=1S/C83H157NO5/c1-3-5-7-9-11-13-15-17-18-19-20-40-43-46-49-52-55-59-63-67-71-75-81(86)80(79-85)84-82(87)76-72-68-64-60-56-53-50-47-44-41-38-36-34-32-30-28-26-24-22-21-23-25-27-29-31-33-35-37-39-42-45-48-51-54-58-62-66-70-74-78-89-83(88)77-73-69-65-61-57-16-14-12-10-8-6-4-2/h12,14,21-22,25,27,71,75,80-81,85-86H,3-11,13,15-20,23-24,26,28-70,72-74,76-79H2,1-2H3,(H,84,87)/b14-12-,22-21-,27-25-,75-71+. The van der Waals surface area contributed by atoms with Gasteiger partial charge in [0.25, 0.3) is 0 Å². The smallest absolute Gasteiger partial charge is 0.305 e. The molecule has 0 heterocycles. The van der Waals surface area contributed by atoms with E-state index in [4.69, 9.17) is 4.74 Å². The van der Waals surface area contributed by atoms with Gasteiger partial charge < -0.3 is 20.3 Å². The number of hydrogen-bond donors (Lipinski definition) is 3. The summed E-state index contributed by atoms with van der Waals surface area (Å²) in [5.41, 5.74) is 0. The van der Waals surface area contributed by atoms with Crippen LogP contribution in [0.3, 0.4) is 0 Å². The molecule has 0 aromatic heterocycles. The van der Waals surface area contributed by atoms with Crippen molar-refractivity contribution in [2.45, 2.75) is 456 Å². The second kappa shape index (κ2) is 78.3. The molecule has 0 aliphatic heterocycles. The molecule has 0 aliphatic carbocycles. The minimum Gasteiger partial charge on any atom is -0.466 e. The van der Waals surface area contributed by atoms with Gasteiger partial charge in [0.1, 0.15) is 0 Å². The van der Waals surface area contributed by atoms with Gasteiger partial charge in [0.2, 0.25) is 5.91 Å². The highest BCUT2D eigenvalue weighted by Crippen LogP contribution is 2.19. The molecule has 524 valence electrons. The lowest BCUT2D eigenvalue weighted by atomic mass is 10.0. The number of aliphatic hydroxyl groups is 2. The van der Waals surface area contributed by atoms with E-state index in [-0.39, 0.29) is 18.5 Å². The Hall–Kier alpha value is -2.18. The minimum atomic E-state index is -0.844. The molecule has 3 N–H and O–H groups in total. The van der Waals surface area contributed by atoms with Gasteiger partial charge in [0, 0.05) is 12.8 Å². The first-order chi connectivity index (χ1) is 44.0. The number of unbranched alkanes of at least 4 members (excludes halogenated alkanes) is 59. The predicted molar refractivity (Wildman–Crippen MR) is 393 cm³/mol. The lowest BCUT2D eigenvalue weighted by Crippen LogP contribution is -2.45. The molecule has 6 heteroatoms. The molecule has 0 bridgehead atoms. The number of allylic oxidation sites excluding steroid dienone is 7.